The molecular formula is C14H12ClFN2O. The average Bonchev–Trinajstić information content (AvgIpc) is 2.32. The highest BCUT2D eigenvalue weighted by molar-refractivity contribution is 6.31. The third-order valence-electron chi connectivity index (χ3n) is 2.56. The van der Waals surface area contributed by atoms with Gasteiger partial charge in [-0.15, -0.1) is 0 Å². The van der Waals surface area contributed by atoms with E-state index in [1.54, 1.807) is 18.2 Å². The van der Waals surface area contributed by atoms with Gasteiger partial charge in [-0.25, -0.2) is 4.39 Å². The molecule has 5 heteroatoms. The number of halogens is 2. The van der Waals surface area contributed by atoms with Crippen molar-refractivity contribution in [3.05, 3.63) is 58.4 Å². The Hall–Kier alpha value is -2.07. The van der Waals surface area contributed by atoms with Crippen molar-refractivity contribution < 1.29 is 9.18 Å². The van der Waals surface area contributed by atoms with E-state index in [9.17, 15) is 9.18 Å². The minimum absolute atomic E-state index is 0.0385. The molecule has 0 aliphatic carbocycles. The van der Waals surface area contributed by atoms with E-state index >= 15 is 0 Å². The van der Waals surface area contributed by atoms with Gasteiger partial charge in [0, 0.05) is 16.3 Å². The molecule has 0 aliphatic rings. The van der Waals surface area contributed by atoms with Crippen LogP contribution in [-0.4, -0.2) is 5.91 Å². The minimum Gasteiger partial charge on any atom is -0.396 e. The van der Waals surface area contributed by atoms with Crippen molar-refractivity contribution in [3.8, 4) is 0 Å². The van der Waals surface area contributed by atoms with E-state index in [0.29, 0.717) is 16.3 Å². The Morgan fingerprint density at radius 1 is 1.26 bits per heavy atom. The van der Waals surface area contributed by atoms with Crippen molar-refractivity contribution in [2.24, 2.45) is 0 Å². The maximum atomic E-state index is 13.3. The zero-order valence-corrected chi connectivity index (χ0v) is 11.0. The van der Waals surface area contributed by atoms with Gasteiger partial charge in [0.05, 0.1) is 5.69 Å². The van der Waals surface area contributed by atoms with E-state index in [0.717, 1.165) is 5.56 Å². The van der Waals surface area contributed by atoms with E-state index in [-0.39, 0.29) is 11.6 Å². The number of hydrogen-bond donors (Lipinski definition) is 2. The number of benzene rings is 2. The van der Waals surface area contributed by atoms with Gasteiger partial charge in [-0.2, -0.15) is 0 Å². The Morgan fingerprint density at radius 3 is 2.63 bits per heavy atom. The number of anilines is 2. The van der Waals surface area contributed by atoms with Crippen LogP contribution in [0.15, 0.2) is 36.4 Å². The third-order valence-corrected chi connectivity index (χ3v) is 2.78. The molecule has 1 amide bonds. The van der Waals surface area contributed by atoms with Gasteiger partial charge >= 0.3 is 0 Å². The first-order valence-electron chi connectivity index (χ1n) is 5.59. The number of nitrogen functional groups attached to an aromatic ring is 1. The van der Waals surface area contributed by atoms with Crippen LogP contribution >= 0.6 is 11.6 Å². The van der Waals surface area contributed by atoms with E-state index in [4.69, 9.17) is 17.3 Å². The van der Waals surface area contributed by atoms with E-state index in [1.165, 1.54) is 18.2 Å². The molecule has 19 heavy (non-hydrogen) atoms. The van der Waals surface area contributed by atoms with Crippen LogP contribution < -0.4 is 11.1 Å². The summed E-state index contributed by atoms with van der Waals surface area (Å²) in [7, 11) is 0. The summed E-state index contributed by atoms with van der Waals surface area (Å²) in [5.74, 6) is -0.921. The molecule has 0 heterocycles. The molecule has 0 saturated carbocycles. The highest BCUT2D eigenvalue weighted by Crippen LogP contribution is 2.19. The predicted molar refractivity (Wildman–Crippen MR) is 75.0 cm³/mol. The van der Waals surface area contributed by atoms with Gasteiger partial charge in [0.1, 0.15) is 5.82 Å². The third kappa shape index (κ3) is 3.23. The molecule has 2 aromatic rings. The second-order valence-corrected chi connectivity index (χ2v) is 4.64. The first-order valence-corrected chi connectivity index (χ1v) is 5.97. The number of carbonyl (C=O) groups excluding carboxylic acids is 1. The van der Waals surface area contributed by atoms with Gasteiger partial charge in [0.2, 0.25) is 0 Å². The maximum Gasteiger partial charge on any atom is 0.255 e. The normalized spacial score (nSPS) is 10.3. The smallest absolute Gasteiger partial charge is 0.255 e. The van der Waals surface area contributed by atoms with Gasteiger partial charge < -0.3 is 11.1 Å². The van der Waals surface area contributed by atoms with Crippen LogP contribution in [0.25, 0.3) is 0 Å². The highest BCUT2D eigenvalue weighted by Gasteiger charge is 2.09. The summed E-state index contributed by atoms with van der Waals surface area (Å²) in [6.07, 6.45) is 0. The highest BCUT2D eigenvalue weighted by atomic mass is 35.5. The van der Waals surface area contributed by atoms with E-state index < -0.39 is 5.82 Å². The predicted octanol–water partition coefficient (Wildman–Crippen LogP) is 3.62. The zero-order valence-electron chi connectivity index (χ0n) is 10.2. The number of hydrogen-bond acceptors (Lipinski definition) is 2. The molecule has 0 aliphatic heterocycles. The summed E-state index contributed by atoms with van der Waals surface area (Å²) in [4.78, 5) is 12.0. The second kappa shape index (κ2) is 5.28. The topological polar surface area (TPSA) is 55.1 Å². The van der Waals surface area contributed by atoms with Crippen LogP contribution in [0.5, 0.6) is 0 Å². The Morgan fingerprint density at radius 2 is 2.00 bits per heavy atom. The second-order valence-electron chi connectivity index (χ2n) is 4.21. The standard InChI is InChI=1S/C14H12ClFN2O/c1-8-4-9(6-10(15)5-8)14(19)18-11-2-3-13(17)12(16)7-11/h2-7H,17H2,1H3,(H,18,19). The fraction of sp³-hybridized carbons (Fsp3) is 0.0714. The van der Waals surface area contributed by atoms with Gasteiger partial charge in [-0.1, -0.05) is 11.6 Å². The zero-order chi connectivity index (χ0) is 14.0. The molecule has 0 bridgehead atoms. The number of nitrogens with one attached hydrogen (secondary N) is 1. The van der Waals surface area contributed by atoms with Crippen molar-refractivity contribution in [1.29, 1.82) is 0 Å². The SMILES string of the molecule is Cc1cc(Cl)cc(C(=O)Nc2ccc(N)c(F)c2)c1. The molecule has 0 aromatic heterocycles. The molecule has 0 unspecified atom stereocenters. The molecule has 0 spiro atoms. The van der Waals surface area contributed by atoms with Crippen LogP contribution in [0.4, 0.5) is 15.8 Å². The maximum absolute atomic E-state index is 13.3. The Labute approximate surface area is 115 Å². The minimum atomic E-state index is -0.569. The molecule has 0 atom stereocenters. The Bertz CT molecular complexity index is 623. The summed E-state index contributed by atoms with van der Waals surface area (Å²) in [5, 5.41) is 3.07. The molecule has 0 saturated heterocycles. The first-order chi connectivity index (χ1) is 8.95. The average molecular weight is 279 g/mol. The lowest BCUT2D eigenvalue weighted by Crippen LogP contribution is -2.12. The first kappa shape index (κ1) is 13.4. The molecule has 98 valence electrons. The molecular weight excluding hydrogens is 267 g/mol. The summed E-state index contributed by atoms with van der Waals surface area (Å²) in [5.41, 5.74) is 7.04. The lowest BCUT2D eigenvalue weighted by molar-refractivity contribution is 0.102. The van der Waals surface area contributed by atoms with Crippen LogP contribution in [0.3, 0.4) is 0 Å². The number of nitrogens with two attached hydrogens (primary N) is 1. The van der Waals surface area contributed by atoms with Crippen LogP contribution in [0.1, 0.15) is 15.9 Å². The molecule has 2 aromatic carbocycles. The van der Waals surface area contributed by atoms with Gasteiger partial charge in [-0.3, -0.25) is 4.79 Å². The van der Waals surface area contributed by atoms with Gasteiger partial charge in [0.15, 0.2) is 0 Å². The van der Waals surface area contributed by atoms with Crippen molar-refractivity contribution in [2.75, 3.05) is 11.1 Å². The molecule has 0 fully saturated rings. The molecule has 3 N–H and O–H groups in total. The summed E-state index contributed by atoms with van der Waals surface area (Å²) in [6.45, 7) is 1.84. The largest absolute Gasteiger partial charge is 0.396 e. The van der Waals surface area contributed by atoms with Gasteiger partial charge in [-0.05, 0) is 48.9 Å². The Kier molecular flexibility index (Phi) is 3.71. The van der Waals surface area contributed by atoms with Crippen LogP contribution in [-0.2, 0) is 0 Å². The Balaban J connectivity index is 2.22. The fourth-order valence-corrected chi connectivity index (χ4v) is 1.97. The van der Waals surface area contributed by atoms with Crippen LogP contribution in [0, 0.1) is 12.7 Å². The fourth-order valence-electron chi connectivity index (χ4n) is 1.68. The summed E-state index contributed by atoms with van der Waals surface area (Å²) < 4.78 is 13.3. The number of amides is 1. The molecule has 3 nitrogen and oxygen atoms in total. The van der Waals surface area contributed by atoms with Crippen molar-refractivity contribution in [2.45, 2.75) is 6.92 Å². The summed E-state index contributed by atoms with van der Waals surface area (Å²) >= 11 is 5.89. The molecule has 0 radical (unpaired) electrons. The van der Waals surface area contributed by atoms with E-state index in [2.05, 4.69) is 5.32 Å². The summed E-state index contributed by atoms with van der Waals surface area (Å²) in [6, 6.07) is 9.11. The quantitative estimate of drug-likeness (QED) is 0.824. The number of carbonyl (C=O) groups is 1. The number of rotatable bonds is 2. The van der Waals surface area contributed by atoms with Crippen molar-refractivity contribution in [3.63, 3.8) is 0 Å². The van der Waals surface area contributed by atoms with Crippen LogP contribution in [0.2, 0.25) is 5.02 Å². The monoisotopic (exact) mass is 278 g/mol. The van der Waals surface area contributed by atoms with E-state index in [1.807, 2.05) is 6.92 Å². The molecule has 2 rings (SSSR count). The lowest BCUT2D eigenvalue weighted by atomic mass is 10.1. The van der Waals surface area contributed by atoms with Crippen molar-refractivity contribution in [1.82, 2.24) is 0 Å². The van der Waals surface area contributed by atoms with Crippen molar-refractivity contribution >= 4 is 28.9 Å². The number of aryl methyl sites for hydroxylation is 1. The lowest BCUT2D eigenvalue weighted by Gasteiger charge is -2.07. The van der Waals surface area contributed by atoms with Gasteiger partial charge in [0.25, 0.3) is 5.91 Å².